The normalized spacial score (nSPS) is 17.0. The SMILES string of the molecule is O=C(Cc1ccc(-c2ccccc2)cc1)c1ccc(OC(F)(F)F)c(NC(=O)C2(N3CCOCC3)CC2)c1. The molecule has 9 heteroatoms. The molecular formula is C29H27F3N2O4. The minimum absolute atomic E-state index is 0.0552. The van der Waals surface area contributed by atoms with Gasteiger partial charge in [0.2, 0.25) is 5.91 Å². The minimum atomic E-state index is -4.95. The molecule has 3 aromatic carbocycles. The number of hydrogen-bond acceptors (Lipinski definition) is 5. The molecule has 38 heavy (non-hydrogen) atoms. The number of carbonyl (C=O) groups is 2. The summed E-state index contributed by atoms with van der Waals surface area (Å²) >= 11 is 0. The molecule has 2 fully saturated rings. The van der Waals surface area contributed by atoms with Crippen LogP contribution in [0, 0.1) is 0 Å². The summed E-state index contributed by atoms with van der Waals surface area (Å²) in [5, 5.41) is 2.62. The smallest absolute Gasteiger partial charge is 0.404 e. The van der Waals surface area contributed by atoms with Crippen LogP contribution in [0.1, 0.15) is 28.8 Å². The number of Topliss-reactive ketones (excluding diaryl/α,β-unsaturated/α-hetero) is 1. The van der Waals surface area contributed by atoms with Gasteiger partial charge in [0, 0.05) is 25.1 Å². The lowest BCUT2D eigenvalue weighted by Crippen LogP contribution is -2.51. The number of amides is 1. The monoisotopic (exact) mass is 524 g/mol. The van der Waals surface area contributed by atoms with Crippen LogP contribution in [0.2, 0.25) is 0 Å². The number of halogens is 3. The van der Waals surface area contributed by atoms with E-state index in [2.05, 4.69) is 10.1 Å². The van der Waals surface area contributed by atoms with Crippen molar-refractivity contribution in [2.45, 2.75) is 31.2 Å². The Bertz CT molecular complexity index is 1300. The number of carbonyl (C=O) groups excluding carboxylic acids is 2. The van der Waals surface area contributed by atoms with Crippen molar-refractivity contribution in [3.05, 3.63) is 83.9 Å². The maximum absolute atomic E-state index is 13.2. The van der Waals surface area contributed by atoms with Crippen molar-refractivity contribution < 1.29 is 32.2 Å². The van der Waals surface area contributed by atoms with Crippen LogP contribution in [0.15, 0.2) is 72.8 Å². The molecule has 1 aliphatic heterocycles. The van der Waals surface area contributed by atoms with Crippen LogP contribution in [-0.4, -0.2) is 54.8 Å². The van der Waals surface area contributed by atoms with Crippen molar-refractivity contribution in [1.29, 1.82) is 0 Å². The highest BCUT2D eigenvalue weighted by Gasteiger charge is 2.54. The van der Waals surface area contributed by atoms with Gasteiger partial charge in [0.05, 0.1) is 18.9 Å². The van der Waals surface area contributed by atoms with Gasteiger partial charge in [-0.2, -0.15) is 0 Å². The number of nitrogens with zero attached hydrogens (tertiary/aromatic N) is 1. The van der Waals surface area contributed by atoms with Gasteiger partial charge in [0.1, 0.15) is 5.54 Å². The maximum atomic E-state index is 13.2. The third-order valence-electron chi connectivity index (χ3n) is 6.96. The van der Waals surface area contributed by atoms with E-state index in [9.17, 15) is 22.8 Å². The zero-order valence-electron chi connectivity index (χ0n) is 20.6. The predicted molar refractivity (Wildman–Crippen MR) is 136 cm³/mol. The van der Waals surface area contributed by atoms with Crippen LogP contribution in [-0.2, 0) is 16.0 Å². The largest absolute Gasteiger partial charge is 0.573 e. The Labute approximate surface area is 218 Å². The average molecular weight is 525 g/mol. The molecule has 0 bridgehead atoms. The van der Waals surface area contributed by atoms with Crippen molar-refractivity contribution in [3.8, 4) is 16.9 Å². The van der Waals surface area contributed by atoms with E-state index in [4.69, 9.17) is 4.74 Å². The van der Waals surface area contributed by atoms with Gasteiger partial charge in [-0.1, -0.05) is 54.6 Å². The Hall–Kier alpha value is -3.69. The summed E-state index contributed by atoms with van der Waals surface area (Å²) < 4.78 is 48.7. The molecule has 1 N–H and O–H groups in total. The standard InChI is InChI=1S/C29H27F3N2O4/c30-29(31,32)38-26-11-10-23(19-24(26)33-27(36)28(12-13-28)34-14-16-37-17-15-34)25(35)18-20-6-8-22(9-7-20)21-4-2-1-3-5-21/h1-11,19H,12-18H2,(H,33,36). The van der Waals surface area contributed by atoms with E-state index in [1.807, 2.05) is 59.5 Å². The number of benzene rings is 3. The fourth-order valence-corrected chi connectivity index (χ4v) is 4.78. The molecular weight excluding hydrogens is 497 g/mol. The van der Waals surface area contributed by atoms with E-state index in [-0.39, 0.29) is 23.5 Å². The quantitative estimate of drug-likeness (QED) is 0.396. The molecule has 0 atom stereocenters. The molecule has 5 rings (SSSR count). The third-order valence-corrected chi connectivity index (χ3v) is 6.96. The summed E-state index contributed by atoms with van der Waals surface area (Å²) in [6.45, 7) is 2.13. The first kappa shape index (κ1) is 25.9. The van der Waals surface area contributed by atoms with E-state index in [1.165, 1.54) is 12.1 Å². The first-order chi connectivity index (χ1) is 18.2. The molecule has 198 valence electrons. The van der Waals surface area contributed by atoms with Gasteiger partial charge in [0.25, 0.3) is 0 Å². The lowest BCUT2D eigenvalue weighted by Gasteiger charge is -2.34. The Kier molecular flexibility index (Phi) is 7.23. The number of morpholine rings is 1. The average Bonchev–Trinajstić information content (AvgIpc) is 3.73. The maximum Gasteiger partial charge on any atom is 0.573 e. The van der Waals surface area contributed by atoms with E-state index in [1.54, 1.807) is 0 Å². The number of nitrogens with one attached hydrogen (secondary N) is 1. The Morgan fingerprint density at radius 1 is 0.921 bits per heavy atom. The summed E-state index contributed by atoms with van der Waals surface area (Å²) in [5.74, 6) is -1.26. The summed E-state index contributed by atoms with van der Waals surface area (Å²) in [4.78, 5) is 28.3. The second-order valence-electron chi connectivity index (χ2n) is 9.51. The zero-order chi connectivity index (χ0) is 26.8. The summed E-state index contributed by atoms with van der Waals surface area (Å²) in [5.41, 5.74) is 2.04. The summed E-state index contributed by atoms with van der Waals surface area (Å²) in [7, 11) is 0. The highest BCUT2D eigenvalue weighted by atomic mass is 19.4. The molecule has 1 saturated heterocycles. The summed E-state index contributed by atoms with van der Waals surface area (Å²) in [6, 6.07) is 21.0. The fraction of sp³-hybridized carbons (Fsp3) is 0.310. The molecule has 6 nitrogen and oxygen atoms in total. The zero-order valence-corrected chi connectivity index (χ0v) is 20.6. The van der Waals surface area contributed by atoms with Gasteiger partial charge in [-0.25, -0.2) is 0 Å². The third kappa shape index (κ3) is 5.89. The molecule has 1 saturated carbocycles. The van der Waals surface area contributed by atoms with Gasteiger partial charge >= 0.3 is 6.36 Å². The number of anilines is 1. The van der Waals surface area contributed by atoms with Gasteiger partial charge in [-0.3, -0.25) is 14.5 Å². The number of ketones is 1. The minimum Gasteiger partial charge on any atom is -0.404 e. The number of hydrogen-bond donors (Lipinski definition) is 1. The summed E-state index contributed by atoms with van der Waals surface area (Å²) in [6.07, 6.45) is -3.69. The topological polar surface area (TPSA) is 67.9 Å². The van der Waals surface area contributed by atoms with Gasteiger partial charge in [-0.15, -0.1) is 13.2 Å². The van der Waals surface area contributed by atoms with Crippen LogP contribution >= 0.6 is 0 Å². The molecule has 0 aromatic heterocycles. The Morgan fingerprint density at radius 3 is 2.21 bits per heavy atom. The van der Waals surface area contributed by atoms with Crippen molar-refractivity contribution in [3.63, 3.8) is 0 Å². The lowest BCUT2D eigenvalue weighted by molar-refractivity contribution is -0.274. The molecule has 1 aliphatic carbocycles. The number of alkyl halides is 3. The highest BCUT2D eigenvalue weighted by molar-refractivity contribution is 6.03. The van der Waals surface area contributed by atoms with Crippen LogP contribution in [0.4, 0.5) is 18.9 Å². The van der Waals surface area contributed by atoms with Gasteiger partial charge in [0.15, 0.2) is 11.5 Å². The second kappa shape index (κ2) is 10.6. The van der Waals surface area contributed by atoms with E-state index in [0.29, 0.717) is 39.1 Å². The van der Waals surface area contributed by atoms with Crippen molar-refractivity contribution in [1.82, 2.24) is 4.90 Å². The number of rotatable bonds is 8. The molecule has 0 unspecified atom stereocenters. The molecule has 2 aliphatic rings. The Balaban J connectivity index is 1.34. The first-order valence-corrected chi connectivity index (χ1v) is 12.5. The second-order valence-corrected chi connectivity index (χ2v) is 9.51. The molecule has 1 amide bonds. The van der Waals surface area contributed by atoms with Crippen LogP contribution in [0.3, 0.4) is 0 Å². The lowest BCUT2D eigenvalue weighted by atomic mass is 9.99. The van der Waals surface area contributed by atoms with Gasteiger partial charge < -0.3 is 14.8 Å². The molecule has 3 aromatic rings. The van der Waals surface area contributed by atoms with Crippen molar-refractivity contribution >= 4 is 17.4 Å². The van der Waals surface area contributed by atoms with Crippen molar-refractivity contribution in [2.75, 3.05) is 31.6 Å². The van der Waals surface area contributed by atoms with Gasteiger partial charge in [-0.05, 0) is 47.7 Å². The van der Waals surface area contributed by atoms with E-state index in [0.717, 1.165) is 22.8 Å². The van der Waals surface area contributed by atoms with Crippen LogP contribution in [0.5, 0.6) is 5.75 Å². The first-order valence-electron chi connectivity index (χ1n) is 12.5. The van der Waals surface area contributed by atoms with E-state index >= 15 is 0 Å². The van der Waals surface area contributed by atoms with Crippen molar-refractivity contribution in [2.24, 2.45) is 0 Å². The fourth-order valence-electron chi connectivity index (χ4n) is 4.78. The molecule has 1 heterocycles. The number of ether oxygens (including phenoxy) is 2. The highest BCUT2D eigenvalue weighted by Crippen LogP contribution is 2.44. The molecule has 0 radical (unpaired) electrons. The Morgan fingerprint density at radius 2 is 1.58 bits per heavy atom. The van der Waals surface area contributed by atoms with Crippen LogP contribution in [0.25, 0.3) is 11.1 Å². The van der Waals surface area contributed by atoms with E-state index < -0.39 is 23.6 Å². The van der Waals surface area contributed by atoms with Crippen LogP contribution < -0.4 is 10.1 Å². The molecule has 0 spiro atoms. The predicted octanol–water partition coefficient (Wildman–Crippen LogP) is 5.48.